The van der Waals surface area contributed by atoms with Crippen LogP contribution in [0.3, 0.4) is 0 Å². The van der Waals surface area contributed by atoms with Crippen LogP contribution in [0.15, 0.2) is 33.6 Å². The van der Waals surface area contributed by atoms with Gasteiger partial charge in [0.05, 0.1) is 6.42 Å². The summed E-state index contributed by atoms with van der Waals surface area (Å²) in [7, 11) is 0. The average Bonchev–Trinajstić information content (AvgIpc) is 2.04. The van der Waals surface area contributed by atoms with Crippen LogP contribution in [-0.2, 0) is 0 Å². The Morgan fingerprint density at radius 2 is 2.09 bits per heavy atom. The minimum atomic E-state index is 0.0914. The molecule has 1 N–H and O–H groups in total. The monoisotopic (exact) mass is 164 g/mol. The van der Waals surface area contributed by atoms with E-state index in [2.05, 4.69) is 4.40 Å². The second kappa shape index (κ2) is 2.58. The number of aliphatic hydroxyl groups is 1. The Morgan fingerprint density at radius 1 is 1.27 bits per heavy atom. The van der Waals surface area contributed by atoms with Crippen LogP contribution in [0.1, 0.15) is 5.56 Å². The van der Waals surface area contributed by atoms with Gasteiger partial charge in [0.15, 0.2) is 0 Å². The summed E-state index contributed by atoms with van der Waals surface area (Å²) >= 11 is 1.30. The molecule has 1 aliphatic heterocycles. The number of hydrogen-bond acceptors (Lipinski definition) is 2. The van der Waals surface area contributed by atoms with E-state index >= 15 is 0 Å². The van der Waals surface area contributed by atoms with E-state index in [1.807, 2.05) is 24.3 Å². The van der Waals surface area contributed by atoms with Crippen LogP contribution in [0.2, 0.25) is 0 Å². The van der Waals surface area contributed by atoms with Gasteiger partial charge < -0.3 is 5.11 Å². The Labute approximate surface area is 69.1 Å². The van der Waals surface area contributed by atoms with Crippen LogP contribution in [-0.4, -0.2) is 11.0 Å². The molecular weight excluding hydrogens is 158 g/mol. The Kier molecular flexibility index (Phi) is 1.58. The number of nitrogens with zero attached hydrogens (tertiary/aromatic N) is 1. The average molecular weight is 164 g/mol. The van der Waals surface area contributed by atoms with E-state index in [0.29, 0.717) is 0 Å². The van der Waals surface area contributed by atoms with Crippen molar-refractivity contribution in [3.05, 3.63) is 36.2 Å². The van der Waals surface area contributed by atoms with E-state index < -0.39 is 0 Å². The Bertz CT molecular complexity index is 309. The molecule has 0 spiro atoms. The zero-order valence-corrected chi connectivity index (χ0v) is 6.51. The van der Waals surface area contributed by atoms with Crippen LogP contribution < -0.4 is 0 Å². The first kappa shape index (κ1) is 6.73. The lowest BCUT2D eigenvalue weighted by molar-refractivity contribution is 0.554. The Balaban J connectivity index is 2.42. The number of hydrogen-bond donors (Lipinski definition) is 1. The first-order valence-corrected chi connectivity index (χ1v) is 4.01. The van der Waals surface area contributed by atoms with E-state index in [0.717, 1.165) is 10.5 Å². The molecule has 0 aromatic heterocycles. The number of aliphatic hydroxyl groups excluding tert-OH is 1. The van der Waals surface area contributed by atoms with Crippen molar-refractivity contribution in [1.29, 1.82) is 0 Å². The molecule has 1 aromatic carbocycles. The van der Waals surface area contributed by atoms with Gasteiger partial charge in [-0.15, -0.1) is 0 Å². The zero-order valence-electron chi connectivity index (χ0n) is 5.69. The predicted molar refractivity (Wildman–Crippen MR) is 45.8 cm³/mol. The third kappa shape index (κ3) is 1.24. The standard InChI is InChI=1S/C8H6NOS/c10-8-5-6-3-1-2-4-7(6)11-9-8/h1-5H,(H,9,10). The number of fused-ring (bicyclic) bond motifs is 1. The highest BCUT2D eigenvalue weighted by Crippen LogP contribution is 2.28. The molecule has 0 unspecified atom stereocenters. The molecule has 1 radical (unpaired) electrons. The molecule has 3 heteroatoms. The smallest absolute Gasteiger partial charge is 0.201 e. The maximum Gasteiger partial charge on any atom is 0.201 e. The van der Waals surface area contributed by atoms with E-state index in [1.165, 1.54) is 11.9 Å². The fraction of sp³-hybridized carbons (Fsp3) is 0. The molecular formula is C8H6NOS. The molecule has 0 saturated heterocycles. The highest BCUT2D eigenvalue weighted by Gasteiger charge is 2.10. The topological polar surface area (TPSA) is 32.6 Å². The van der Waals surface area contributed by atoms with E-state index in [9.17, 15) is 0 Å². The van der Waals surface area contributed by atoms with Gasteiger partial charge >= 0.3 is 0 Å². The largest absolute Gasteiger partial charge is 0.496 e. The van der Waals surface area contributed by atoms with Crippen LogP contribution in [0.4, 0.5) is 0 Å². The molecule has 0 amide bonds. The maximum absolute atomic E-state index is 9.03. The van der Waals surface area contributed by atoms with Crippen molar-refractivity contribution in [3.63, 3.8) is 0 Å². The van der Waals surface area contributed by atoms with Crippen molar-refractivity contribution < 1.29 is 5.11 Å². The summed E-state index contributed by atoms with van der Waals surface area (Å²) in [4.78, 5) is 1.09. The molecule has 1 heterocycles. The molecule has 0 bridgehead atoms. The minimum absolute atomic E-state index is 0.0914. The van der Waals surface area contributed by atoms with Crippen molar-refractivity contribution >= 4 is 17.8 Å². The SMILES string of the molecule is OC1=NSc2ccccc2[CH]1. The molecule has 0 aliphatic carbocycles. The van der Waals surface area contributed by atoms with Crippen molar-refractivity contribution in [3.8, 4) is 0 Å². The summed E-state index contributed by atoms with van der Waals surface area (Å²) in [6, 6.07) is 7.83. The fourth-order valence-corrected chi connectivity index (χ4v) is 1.56. The van der Waals surface area contributed by atoms with Gasteiger partial charge in [0.1, 0.15) is 0 Å². The summed E-state index contributed by atoms with van der Waals surface area (Å²) in [5, 5.41) is 9.03. The minimum Gasteiger partial charge on any atom is -0.496 e. The predicted octanol–water partition coefficient (Wildman–Crippen LogP) is 2.22. The lowest BCUT2D eigenvalue weighted by Crippen LogP contribution is -2.02. The van der Waals surface area contributed by atoms with Crippen molar-refractivity contribution in [2.75, 3.05) is 0 Å². The summed E-state index contributed by atoms with van der Waals surface area (Å²) < 4.78 is 3.80. The molecule has 0 atom stereocenters. The van der Waals surface area contributed by atoms with Gasteiger partial charge in [-0.3, -0.25) is 0 Å². The number of benzene rings is 1. The van der Waals surface area contributed by atoms with Crippen LogP contribution >= 0.6 is 11.9 Å². The molecule has 0 saturated carbocycles. The van der Waals surface area contributed by atoms with Crippen LogP contribution in [0.5, 0.6) is 0 Å². The van der Waals surface area contributed by atoms with E-state index in [-0.39, 0.29) is 5.90 Å². The molecule has 55 valence electrons. The lowest BCUT2D eigenvalue weighted by Gasteiger charge is -2.09. The quantitative estimate of drug-likeness (QED) is 0.596. The van der Waals surface area contributed by atoms with E-state index in [4.69, 9.17) is 5.11 Å². The summed E-state index contributed by atoms with van der Waals surface area (Å²) in [5.74, 6) is 0.0914. The van der Waals surface area contributed by atoms with E-state index in [1.54, 1.807) is 6.42 Å². The third-order valence-corrected chi connectivity index (χ3v) is 2.29. The zero-order chi connectivity index (χ0) is 7.68. The van der Waals surface area contributed by atoms with Gasteiger partial charge in [-0.25, -0.2) is 0 Å². The van der Waals surface area contributed by atoms with Gasteiger partial charge in [-0.1, -0.05) is 18.2 Å². The normalized spacial score (nSPS) is 15.5. The highest BCUT2D eigenvalue weighted by molar-refractivity contribution is 7.98. The lowest BCUT2D eigenvalue weighted by atomic mass is 10.1. The van der Waals surface area contributed by atoms with Gasteiger partial charge in [0, 0.05) is 16.8 Å². The first-order chi connectivity index (χ1) is 5.36. The Hall–Kier alpha value is -0.960. The van der Waals surface area contributed by atoms with Gasteiger partial charge in [-0.2, -0.15) is 4.40 Å². The molecule has 2 nitrogen and oxygen atoms in total. The van der Waals surface area contributed by atoms with Crippen LogP contribution in [0, 0.1) is 6.42 Å². The van der Waals surface area contributed by atoms with Crippen molar-refractivity contribution in [2.24, 2.45) is 4.40 Å². The van der Waals surface area contributed by atoms with Crippen LogP contribution in [0.25, 0.3) is 0 Å². The Morgan fingerprint density at radius 3 is 3.00 bits per heavy atom. The molecule has 2 rings (SSSR count). The summed E-state index contributed by atoms with van der Waals surface area (Å²) in [5.41, 5.74) is 1.03. The second-order valence-corrected chi connectivity index (χ2v) is 3.03. The first-order valence-electron chi connectivity index (χ1n) is 3.24. The third-order valence-electron chi connectivity index (χ3n) is 1.44. The van der Waals surface area contributed by atoms with Gasteiger partial charge in [0.2, 0.25) is 5.90 Å². The molecule has 1 aliphatic rings. The van der Waals surface area contributed by atoms with Crippen molar-refractivity contribution in [1.82, 2.24) is 0 Å². The molecule has 11 heavy (non-hydrogen) atoms. The summed E-state index contributed by atoms with van der Waals surface area (Å²) in [6.45, 7) is 0. The molecule has 1 aromatic rings. The van der Waals surface area contributed by atoms with Gasteiger partial charge in [-0.05, 0) is 11.6 Å². The maximum atomic E-state index is 9.03. The van der Waals surface area contributed by atoms with Crippen molar-refractivity contribution in [2.45, 2.75) is 4.90 Å². The summed E-state index contributed by atoms with van der Waals surface area (Å²) in [6.07, 6.45) is 1.66. The molecule has 0 fully saturated rings. The van der Waals surface area contributed by atoms with Gasteiger partial charge in [0.25, 0.3) is 0 Å². The second-order valence-electron chi connectivity index (χ2n) is 2.22. The number of rotatable bonds is 0. The fourth-order valence-electron chi connectivity index (χ4n) is 0.944. The highest BCUT2D eigenvalue weighted by atomic mass is 32.2.